The van der Waals surface area contributed by atoms with Crippen molar-refractivity contribution < 1.29 is 23.5 Å². The molecule has 0 saturated carbocycles. The highest BCUT2D eigenvalue weighted by atomic mass is 28.3. The first-order chi connectivity index (χ1) is 12.0. The van der Waals surface area contributed by atoms with Crippen LogP contribution in [0.25, 0.3) is 0 Å². The van der Waals surface area contributed by atoms with E-state index in [0.717, 1.165) is 19.3 Å². The molecule has 0 aromatic carbocycles. The van der Waals surface area contributed by atoms with Gasteiger partial charge in [0.15, 0.2) is 5.72 Å². The minimum atomic E-state index is -1.12. The number of unbranched alkanes of at least 4 members (excludes halogenated alkanes) is 1. The molecular weight excluding hydrogens is 352 g/mol. The zero-order chi connectivity index (χ0) is 20.0. The van der Waals surface area contributed by atoms with Gasteiger partial charge in [0, 0.05) is 13.0 Å². The summed E-state index contributed by atoms with van der Waals surface area (Å²) in [5, 5.41) is 0. The number of amides is 2. The normalized spacial score (nSPS) is 23.5. The molecule has 1 aliphatic rings. The summed E-state index contributed by atoms with van der Waals surface area (Å²) in [7, 11) is -1.12. The molecule has 0 unspecified atom stereocenters. The van der Waals surface area contributed by atoms with Gasteiger partial charge in [0.05, 0.1) is 6.61 Å². The van der Waals surface area contributed by atoms with Crippen molar-refractivity contribution in [2.24, 2.45) is 11.7 Å². The van der Waals surface area contributed by atoms with E-state index in [-0.39, 0.29) is 13.2 Å². The maximum Gasteiger partial charge on any atom is 0.412 e. The predicted molar refractivity (Wildman–Crippen MR) is 102 cm³/mol. The molecule has 2 N–H and O–H groups in total. The third-order valence-electron chi connectivity index (χ3n) is 4.09. The van der Waals surface area contributed by atoms with Gasteiger partial charge in [0.2, 0.25) is 14.9 Å². The monoisotopic (exact) mass is 387 g/mol. The number of primary amides is 1. The molecule has 0 aliphatic carbocycles. The SMILES string of the molecule is CCCC[C@H]1CN(C(=O)OC(C)(C)C)[C@](COCC(N)=O)(O[Si](C)C)C1. The molecule has 1 radical (unpaired) electrons. The maximum atomic E-state index is 12.9. The van der Waals surface area contributed by atoms with Gasteiger partial charge in [-0.15, -0.1) is 0 Å². The number of likely N-dealkylation sites (tertiary alicyclic amines) is 1. The second-order valence-corrected chi connectivity index (χ2v) is 10.2. The Kier molecular flexibility index (Phi) is 8.56. The lowest BCUT2D eigenvalue weighted by atomic mass is 9.98. The zero-order valence-corrected chi connectivity index (χ0v) is 18.1. The van der Waals surface area contributed by atoms with Gasteiger partial charge in [-0.05, 0) is 46.2 Å². The minimum Gasteiger partial charge on any atom is -0.444 e. The smallest absolute Gasteiger partial charge is 0.412 e. The molecule has 26 heavy (non-hydrogen) atoms. The number of nitrogens with zero attached hydrogens (tertiary/aromatic N) is 1. The van der Waals surface area contributed by atoms with E-state index in [1.54, 1.807) is 4.90 Å². The molecule has 0 aromatic heterocycles. The van der Waals surface area contributed by atoms with Crippen LogP contribution < -0.4 is 5.73 Å². The Morgan fingerprint density at radius 2 is 1.96 bits per heavy atom. The van der Waals surface area contributed by atoms with Gasteiger partial charge < -0.3 is 19.6 Å². The average Bonchev–Trinajstić information content (AvgIpc) is 2.80. The van der Waals surface area contributed by atoms with Crippen molar-refractivity contribution in [2.45, 2.75) is 77.8 Å². The van der Waals surface area contributed by atoms with Crippen molar-refractivity contribution in [2.75, 3.05) is 19.8 Å². The standard InChI is InChI=1S/C18H35N2O5Si/c1-7-8-9-14-10-18(25-26(5)6,13-23-12-15(19)21)20(11-14)16(22)24-17(2,3)4/h14H,7-13H2,1-6H3,(H2,19,21)/t14-,18+/m1/s1. The highest BCUT2D eigenvalue weighted by molar-refractivity contribution is 6.48. The summed E-state index contributed by atoms with van der Waals surface area (Å²) in [6, 6.07) is 0. The van der Waals surface area contributed by atoms with Crippen LogP contribution in [-0.4, -0.2) is 57.0 Å². The highest BCUT2D eigenvalue weighted by Gasteiger charge is 2.50. The first-order valence-electron chi connectivity index (χ1n) is 9.35. The maximum absolute atomic E-state index is 12.9. The van der Waals surface area contributed by atoms with Crippen LogP contribution in [0.2, 0.25) is 13.1 Å². The van der Waals surface area contributed by atoms with E-state index in [2.05, 4.69) is 6.92 Å². The lowest BCUT2D eigenvalue weighted by Crippen LogP contribution is -2.55. The molecule has 151 valence electrons. The van der Waals surface area contributed by atoms with Crippen LogP contribution in [0, 0.1) is 5.92 Å². The fraction of sp³-hybridized carbons (Fsp3) is 0.889. The van der Waals surface area contributed by atoms with Gasteiger partial charge in [-0.1, -0.05) is 19.8 Å². The molecule has 1 aliphatic heterocycles. The summed E-state index contributed by atoms with van der Waals surface area (Å²) in [5.41, 5.74) is 3.70. The van der Waals surface area contributed by atoms with Crippen molar-refractivity contribution in [1.82, 2.24) is 4.90 Å². The van der Waals surface area contributed by atoms with Crippen LogP contribution in [0.1, 0.15) is 53.4 Å². The van der Waals surface area contributed by atoms with E-state index < -0.39 is 32.4 Å². The van der Waals surface area contributed by atoms with E-state index in [9.17, 15) is 9.59 Å². The molecular formula is C18H35N2O5Si. The fourth-order valence-corrected chi connectivity index (χ4v) is 4.26. The second-order valence-electron chi connectivity index (χ2n) is 8.22. The summed E-state index contributed by atoms with van der Waals surface area (Å²) >= 11 is 0. The number of carbonyl (C=O) groups excluding carboxylic acids is 2. The van der Waals surface area contributed by atoms with E-state index >= 15 is 0 Å². The molecule has 0 bridgehead atoms. The van der Waals surface area contributed by atoms with Gasteiger partial charge in [-0.2, -0.15) is 0 Å². The second kappa shape index (κ2) is 9.71. The van der Waals surface area contributed by atoms with Crippen molar-refractivity contribution >= 4 is 21.0 Å². The molecule has 2 atom stereocenters. The third kappa shape index (κ3) is 7.24. The molecule has 0 spiro atoms. The Hall–Kier alpha value is -1.12. The van der Waals surface area contributed by atoms with Gasteiger partial charge in [-0.3, -0.25) is 9.69 Å². The summed E-state index contributed by atoms with van der Waals surface area (Å²) in [5.74, 6) is -0.218. The number of hydrogen-bond donors (Lipinski definition) is 1. The molecule has 8 heteroatoms. The Labute approximate surface area is 159 Å². The quantitative estimate of drug-likeness (QED) is 0.614. The summed E-state index contributed by atoms with van der Waals surface area (Å²) in [4.78, 5) is 25.6. The van der Waals surface area contributed by atoms with Gasteiger partial charge in [0.25, 0.3) is 0 Å². The Balaban J connectivity index is 3.05. The lowest BCUT2D eigenvalue weighted by molar-refractivity contribution is -0.133. The molecule has 1 fully saturated rings. The fourth-order valence-electron chi connectivity index (χ4n) is 3.25. The van der Waals surface area contributed by atoms with Crippen LogP contribution in [0.5, 0.6) is 0 Å². The molecule has 1 rings (SSSR count). The predicted octanol–water partition coefficient (Wildman–Crippen LogP) is 2.90. The Bertz CT molecular complexity index is 481. The number of ether oxygens (including phenoxy) is 2. The topological polar surface area (TPSA) is 91.1 Å². The first kappa shape index (κ1) is 22.9. The Morgan fingerprint density at radius 3 is 2.46 bits per heavy atom. The molecule has 7 nitrogen and oxygen atoms in total. The van der Waals surface area contributed by atoms with E-state index in [1.807, 2.05) is 33.9 Å². The highest BCUT2D eigenvalue weighted by Crippen LogP contribution is 2.38. The molecule has 2 amide bonds. The first-order valence-corrected chi connectivity index (χ1v) is 11.8. The van der Waals surface area contributed by atoms with Gasteiger partial charge in [-0.25, -0.2) is 4.79 Å². The van der Waals surface area contributed by atoms with E-state index in [0.29, 0.717) is 18.9 Å². The van der Waals surface area contributed by atoms with Gasteiger partial charge in [0.1, 0.15) is 12.2 Å². The zero-order valence-electron chi connectivity index (χ0n) is 17.1. The van der Waals surface area contributed by atoms with Crippen LogP contribution in [-0.2, 0) is 18.7 Å². The summed E-state index contributed by atoms with van der Waals surface area (Å²) < 4.78 is 17.4. The molecule has 1 heterocycles. The summed E-state index contributed by atoms with van der Waals surface area (Å²) in [6.45, 7) is 12.2. The van der Waals surface area contributed by atoms with Crippen LogP contribution in [0.4, 0.5) is 4.79 Å². The Morgan fingerprint density at radius 1 is 1.31 bits per heavy atom. The van der Waals surface area contributed by atoms with Crippen LogP contribution in [0.3, 0.4) is 0 Å². The van der Waals surface area contributed by atoms with E-state index in [1.165, 1.54) is 0 Å². The molecule has 1 saturated heterocycles. The average molecular weight is 388 g/mol. The number of hydrogen-bond acceptors (Lipinski definition) is 5. The van der Waals surface area contributed by atoms with Crippen LogP contribution in [0.15, 0.2) is 0 Å². The van der Waals surface area contributed by atoms with Crippen LogP contribution >= 0.6 is 0 Å². The number of nitrogens with two attached hydrogens (primary N) is 1. The summed E-state index contributed by atoms with van der Waals surface area (Å²) in [6.07, 6.45) is 3.50. The van der Waals surface area contributed by atoms with Crippen molar-refractivity contribution in [3.63, 3.8) is 0 Å². The lowest BCUT2D eigenvalue weighted by Gasteiger charge is -2.39. The van der Waals surface area contributed by atoms with Crippen molar-refractivity contribution in [1.29, 1.82) is 0 Å². The largest absolute Gasteiger partial charge is 0.444 e. The third-order valence-corrected chi connectivity index (χ3v) is 4.87. The number of rotatable bonds is 9. The van der Waals surface area contributed by atoms with Crippen molar-refractivity contribution in [3.05, 3.63) is 0 Å². The molecule has 0 aromatic rings. The number of carbonyl (C=O) groups is 2. The van der Waals surface area contributed by atoms with Crippen molar-refractivity contribution in [3.8, 4) is 0 Å². The minimum absolute atomic E-state index is 0.119. The van der Waals surface area contributed by atoms with E-state index in [4.69, 9.17) is 19.6 Å². The van der Waals surface area contributed by atoms with Gasteiger partial charge >= 0.3 is 6.09 Å².